The van der Waals surface area contributed by atoms with E-state index >= 15 is 0 Å². The van der Waals surface area contributed by atoms with Crippen molar-refractivity contribution in [3.63, 3.8) is 0 Å². The van der Waals surface area contributed by atoms with Gasteiger partial charge in [0.25, 0.3) is 0 Å². The molecule has 1 saturated carbocycles. The molecular formula is C30H32N6O3. The number of esters is 1. The lowest BCUT2D eigenvalue weighted by Crippen LogP contribution is -2.20. The van der Waals surface area contributed by atoms with Gasteiger partial charge in [0.05, 0.1) is 30.6 Å². The van der Waals surface area contributed by atoms with Crippen LogP contribution in [0, 0.1) is 0 Å². The van der Waals surface area contributed by atoms with Crippen molar-refractivity contribution in [2.45, 2.75) is 44.9 Å². The molecule has 9 nitrogen and oxygen atoms in total. The van der Waals surface area contributed by atoms with Gasteiger partial charge in [-0.15, -0.1) is 0 Å². The van der Waals surface area contributed by atoms with E-state index in [4.69, 9.17) is 19.4 Å². The van der Waals surface area contributed by atoms with Crippen molar-refractivity contribution >= 4 is 28.5 Å². The summed E-state index contributed by atoms with van der Waals surface area (Å²) in [7, 11) is 3.80. The van der Waals surface area contributed by atoms with Crippen LogP contribution in [0.1, 0.15) is 48.1 Å². The van der Waals surface area contributed by atoms with Crippen LogP contribution in [-0.4, -0.2) is 57.0 Å². The Morgan fingerprint density at radius 2 is 1.97 bits per heavy atom. The summed E-state index contributed by atoms with van der Waals surface area (Å²) in [6, 6.07) is 16.5. The monoisotopic (exact) mass is 524 g/mol. The summed E-state index contributed by atoms with van der Waals surface area (Å²) in [4.78, 5) is 24.7. The van der Waals surface area contributed by atoms with Gasteiger partial charge in [0, 0.05) is 50.1 Å². The largest absolute Gasteiger partial charge is 0.462 e. The molecule has 0 radical (unpaired) electrons. The van der Waals surface area contributed by atoms with Gasteiger partial charge in [-0.25, -0.2) is 14.8 Å². The number of anilines is 1. The van der Waals surface area contributed by atoms with Crippen molar-refractivity contribution in [2.24, 2.45) is 0 Å². The summed E-state index contributed by atoms with van der Waals surface area (Å²) in [5.74, 6) is 0.377. The number of carbonyl (C=O) groups excluding carboxylic acids is 1. The predicted molar refractivity (Wildman–Crippen MR) is 150 cm³/mol. The number of rotatable bonds is 8. The lowest BCUT2D eigenvalue weighted by atomic mass is 10.1. The molecule has 5 aromatic rings. The molecule has 0 amide bonds. The Balaban J connectivity index is 1.53. The quantitative estimate of drug-likeness (QED) is 0.255. The molecule has 1 unspecified atom stereocenters. The van der Waals surface area contributed by atoms with Crippen LogP contribution in [0.4, 0.5) is 5.82 Å². The number of methoxy groups -OCH3 is 1. The molecule has 0 aliphatic heterocycles. The molecule has 1 aliphatic carbocycles. The van der Waals surface area contributed by atoms with E-state index in [0.717, 1.165) is 52.9 Å². The van der Waals surface area contributed by atoms with Crippen LogP contribution in [0.5, 0.6) is 0 Å². The van der Waals surface area contributed by atoms with Crippen LogP contribution in [0.15, 0.2) is 67.1 Å². The first kappa shape index (κ1) is 25.1. The summed E-state index contributed by atoms with van der Waals surface area (Å²) in [5, 5.41) is 5.55. The summed E-state index contributed by atoms with van der Waals surface area (Å²) < 4.78 is 15.1. The smallest absolute Gasteiger partial charge is 0.343 e. The molecule has 0 saturated heterocycles. The third-order valence-corrected chi connectivity index (χ3v) is 7.55. The molecular weight excluding hydrogens is 492 g/mol. The zero-order chi connectivity index (χ0) is 26.9. The fourth-order valence-corrected chi connectivity index (χ4v) is 5.69. The third-order valence-electron chi connectivity index (χ3n) is 7.55. The topological polar surface area (TPSA) is 86.8 Å². The first-order valence-electron chi connectivity index (χ1n) is 13.4. The minimum atomic E-state index is -0.438. The average molecular weight is 525 g/mol. The third kappa shape index (κ3) is 4.52. The highest BCUT2D eigenvalue weighted by atomic mass is 16.5. The van der Waals surface area contributed by atoms with Crippen LogP contribution in [0.2, 0.25) is 0 Å². The number of benzene rings is 1. The Labute approximate surface area is 227 Å². The second-order valence-corrected chi connectivity index (χ2v) is 9.95. The molecule has 6 rings (SSSR count). The van der Waals surface area contributed by atoms with E-state index in [-0.39, 0.29) is 18.8 Å². The van der Waals surface area contributed by atoms with Crippen molar-refractivity contribution in [3.8, 4) is 11.3 Å². The zero-order valence-electron chi connectivity index (χ0n) is 22.4. The molecule has 4 aromatic heterocycles. The molecule has 0 N–H and O–H groups in total. The number of nitrogens with zero attached hydrogens (tertiary/aromatic N) is 6. The number of aromatic nitrogens is 5. The van der Waals surface area contributed by atoms with Crippen molar-refractivity contribution in [3.05, 3.63) is 78.2 Å². The highest BCUT2D eigenvalue weighted by molar-refractivity contribution is 5.98. The Hall–Kier alpha value is -4.24. The van der Waals surface area contributed by atoms with Crippen LogP contribution in [-0.2, 0) is 16.0 Å². The normalized spacial score (nSPS) is 17.2. The van der Waals surface area contributed by atoms with Crippen molar-refractivity contribution < 1.29 is 14.3 Å². The lowest BCUT2D eigenvalue weighted by Gasteiger charge is -2.21. The molecule has 4 heterocycles. The number of carbonyl (C=O) groups is 1. The van der Waals surface area contributed by atoms with Gasteiger partial charge in [0.15, 0.2) is 5.65 Å². The van der Waals surface area contributed by atoms with Gasteiger partial charge in [0.2, 0.25) is 0 Å². The second-order valence-electron chi connectivity index (χ2n) is 9.95. The second kappa shape index (κ2) is 10.5. The number of hydrogen-bond donors (Lipinski definition) is 0. The van der Waals surface area contributed by atoms with Gasteiger partial charge >= 0.3 is 5.97 Å². The molecule has 0 bridgehead atoms. The Morgan fingerprint density at radius 3 is 2.77 bits per heavy atom. The van der Waals surface area contributed by atoms with Gasteiger partial charge in [-0.05, 0) is 43.9 Å². The van der Waals surface area contributed by atoms with E-state index in [2.05, 4.69) is 39.0 Å². The van der Waals surface area contributed by atoms with E-state index in [1.54, 1.807) is 18.5 Å². The summed E-state index contributed by atoms with van der Waals surface area (Å²) in [6.45, 7) is 2.73. The zero-order valence-corrected chi connectivity index (χ0v) is 22.4. The Kier molecular flexibility index (Phi) is 6.74. The molecule has 0 spiro atoms. The summed E-state index contributed by atoms with van der Waals surface area (Å²) in [5.41, 5.74) is 4.56. The fourth-order valence-electron chi connectivity index (χ4n) is 5.69. The van der Waals surface area contributed by atoms with Crippen LogP contribution < -0.4 is 4.90 Å². The average Bonchev–Trinajstić information content (AvgIpc) is 3.69. The minimum Gasteiger partial charge on any atom is -0.462 e. The number of pyridine rings is 1. The Bertz CT molecular complexity index is 1630. The SMILES string of the molecule is CCOC(=O)c1cnn2c(N(C)Cc3ccccc3)cc(-c3cn(C4CCC[C@H]4OC)c4ncccc34)nc12. The van der Waals surface area contributed by atoms with Gasteiger partial charge < -0.3 is 18.9 Å². The van der Waals surface area contributed by atoms with Gasteiger partial charge in [-0.3, -0.25) is 0 Å². The molecule has 200 valence electrons. The Morgan fingerprint density at radius 1 is 1.13 bits per heavy atom. The minimum absolute atomic E-state index is 0.142. The predicted octanol–water partition coefficient (Wildman–Crippen LogP) is 5.30. The maximum atomic E-state index is 12.8. The standard InChI is InChI=1S/C30H32N6O3/c1-4-39-30(37)22-17-32-36-27(34(2)18-20-10-6-5-7-11-20)16-24(33-29(22)36)23-19-35(25-13-8-14-26(25)38-3)28-21(23)12-9-15-31-28/h5-7,9-12,15-17,19,25-26H,4,8,13-14,18H2,1-3H3/t25?,26-/m1/s1. The molecule has 9 heteroatoms. The number of hydrogen-bond acceptors (Lipinski definition) is 7. The van der Waals surface area contributed by atoms with Crippen LogP contribution >= 0.6 is 0 Å². The van der Waals surface area contributed by atoms with Crippen LogP contribution in [0.25, 0.3) is 27.9 Å². The maximum Gasteiger partial charge on any atom is 0.343 e. The molecule has 1 fully saturated rings. The molecule has 39 heavy (non-hydrogen) atoms. The lowest BCUT2D eigenvalue weighted by molar-refractivity contribution is 0.0528. The highest BCUT2D eigenvalue weighted by Crippen LogP contribution is 2.39. The first-order valence-corrected chi connectivity index (χ1v) is 13.4. The molecule has 1 aliphatic rings. The van der Waals surface area contributed by atoms with Gasteiger partial charge in [-0.2, -0.15) is 9.61 Å². The molecule has 1 aromatic carbocycles. The first-order chi connectivity index (χ1) is 19.1. The van der Waals surface area contributed by atoms with Crippen molar-refractivity contribution in [1.29, 1.82) is 0 Å². The maximum absolute atomic E-state index is 12.8. The summed E-state index contributed by atoms with van der Waals surface area (Å²) >= 11 is 0. The van der Waals surface area contributed by atoms with E-state index in [0.29, 0.717) is 17.8 Å². The van der Waals surface area contributed by atoms with Gasteiger partial charge in [-0.1, -0.05) is 30.3 Å². The van der Waals surface area contributed by atoms with E-state index in [1.807, 2.05) is 43.6 Å². The number of fused-ring (bicyclic) bond motifs is 2. The van der Waals surface area contributed by atoms with E-state index < -0.39 is 5.97 Å². The molecule has 2 atom stereocenters. The van der Waals surface area contributed by atoms with Crippen molar-refractivity contribution in [1.82, 2.24) is 24.1 Å². The fraction of sp³-hybridized carbons (Fsp3) is 0.333. The van der Waals surface area contributed by atoms with E-state index in [9.17, 15) is 4.79 Å². The summed E-state index contributed by atoms with van der Waals surface area (Å²) in [6.07, 6.45) is 8.82. The number of ether oxygens (including phenoxy) is 2. The van der Waals surface area contributed by atoms with Crippen molar-refractivity contribution in [2.75, 3.05) is 25.7 Å². The van der Waals surface area contributed by atoms with E-state index in [1.165, 1.54) is 6.20 Å². The highest BCUT2D eigenvalue weighted by Gasteiger charge is 2.31. The van der Waals surface area contributed by atoms with Gasteiger partial charge in [0.1, 0.15) is 17.0 Å². The van der Waals surface area contributed by atoms with Crippen LogP contribution in [0.3, 0.4) is 0 Å².